The van der Waals surface area contributed by atoms with Crippen molar-refractivity contribution < 1.29 is 9.50 Å². The summed E-state index contributed by atoms with van der Waals surface area (Å²) in [4.78, 5) is 2.05. The van der Waals surface area contributed by atoms with E-state index in [2.05, 4.69) is 10.2 Å². The molecule has 1 atom stereocenters. The van der Waals surface area contributed by atoms with Gasteiger partial charge in [-0.2, -0.15) is 0 Å². The molecule has 0 aromatic heterocycles. The van der Waals surface area contributed by atoms with E-state index in [0.717, 1.165) is 12.2 Å². The van der Waals surface area contributed by atoms with E-state index in [-0.39, 0.29) is 5.82 Å². The maximum atomic E-state index is 12.9. The van der Waals surface area contributed by atoms with Gasteiger partial charge in [-0.1, -0.05) is 0 Å². The van der Waals surface area contributed by atoms with Crippen molar-refractivity contribution in [1.82, 2.24) is 5.32 Å². The zero-order valence-electron chi connectivity index (χ0n) is 10.8. The predicted octanol–water partition coefficient (Wildman–Crippen LogP) is 1.76. The molecule has 1 aromatic rings. The Bertz CT molecular complexity index is 365. The Labute approximate surface area is 108 Å². The Hall–Kier alpha value is -1.13. The van der Waals surface area contributed by atoms with Gasteiger partial charge in [0.2, 0.25) is 0 Å². The van der Waals surface area contributed by atoms with Crippen molar-refractivity contribution in [1.29, 1.82) is 0 Å². The van der Waals surface area contributed by atoms with Crippen LogP contribution in [0.4, 0.5) is 10.1 Å². The molecule has 0 spiro atoms. The number of nitrogens with one attached hydrogen (secondary N) is 1. The summed E-state index contributed by atoms with van der Waals surface area (Å²) in [6.07, 6.45) is 2.06. The van der Waals surface area contributed by atoms with Crippen molar-refractivity contribution in [3.8, 4) is 0 Å². The molecule has 0 bridgehead atoms. The normalized spacial score (nSPS) is 16.6. The zero-order chi connectivity index (χ0) is 13.0. The molecule has 0 radical (unpaired) electrons. The van der Waals surface area contributed by atoms with E-state index in [1.807, 2.05) is 6.92 Å². The van der Waals surface area contributed by atoms with Gasteiger partial charge in [0.1, 0.15) is 5.82 Å². The second-order valence-corrected chi connectivity index (χ2v) is 4.85. The lowest BCUT2D eigenvalue weighted by Crippen LogP contribution is -2.39. The van der Waals surface area contributed by atoms with Gasteiger partial charge in [0.15, 0.2) is 0 Å². The second kappa shape index (κ2) is 6.16. The summed E-state index contributed by atoms with van der Waals surface area (Å²) in [6.45, 7) is 4.03. The number of rotatable bonds is 7. The van der Waals surface area contributed by atoms with Crippen LogP contribution in [0.3, 0.4) is 0 Å². The number of benzene rings is 1. The van der Waals surface area contributed by atoms with Crippen molar-refractivity contribution in [2.75, 3.05) is 24.5 Å². The molecule has 1 saturated carbocycles. The van der Waals surface area contributed by atoms with Crippen LogP contribution < -0.4 is 10.2 Å². The first kappa shape index (κ1) is 13.3. The highest BCUT2D eigenvalue weighted by Gasteiger charge is 2.21. The van der Waals surface area contributed by atoms with Crippen LogP contribution in [0.5, 0.6) is 0 Å². The summed E-state index contributed by atoms with van der Waals surface area (Å²) in [7, 11) is 0. The minimum atomic E-state index is -0.393. The van der Waals surface area contributed by atoms with Crippen LogP contribution >= 0.6 is 0 Å². The average molecular weight is 252 g/mol. The van der Waals surface area contributed by atoms with Crippen molar-refractivity contribution >= 4 is 5.69 Å². The van der Waals surface area contributed by atoms with Gasteiger partial charge in [0.25, 0.3) is 0 Å². The Morgan fingerprint density at radius 3 is 2.61 bits per heavy atom. The van der Waals surface area contributed by atoms with Crippen LogP contribution in [-0.2, 0) is 0 Å². The molecule has 100 valence electrons. The van der Waals surface area contributed by atoms with Crippen LogP contribution in [0.1, 0.15) is 19.8 Å². The molecule has 1 aromatic carbocycles. The second-order valence-electron chi connectivity index (χ2n) is 4.85. The number of aliphatic hydroxyl groups excluding tert-OH is 1. The highest BCUT2D eigenvalue weighted by Crippen LogP contribution is 2.19. The lowest BCUT2D eigenvalue weighted by Gasteiger charge is -2.26. The SMILES string of the molecule is CCN(CC(O)CNC1CC1)c1ccc(F)cc1. The molecule has 1 unspecified atom stereocenters. The number of likely N-dealkylation sites (N-methyl/N-ethyl adjacent to an activating group) is 1. The van der Waals surface area contributed by atoms with Crippen LogP contribution in [0.2, 0.25) is 0 Å². The topological polar surface area (TPSA) is 35.5 Å². The summed E-state index contributed by atoms with van der Waals surface area (Å²) in [5, 5.41) is 13.3. The predicted molar refractivity (Wildman–Crippen MR) is 71.3 cm³/mol. The Kier molecular flexibility index (Phi) is 4.55. The molecule has 0 aliphatic heterocycles. The van der Waals surface area contributed by atoms with E-state index < -0.39 is 6.10 Å². The van der Waals surface area contributed by atoms with Gasteiger partial charge in [-0.25, -0.2) is 4.39 Å². The summed E-state index contributed by atoms with van der Waals surface area (Å²) in [6, 6.07) is 7.01. The number of halogens is 1. The first-order chi connectivity index (χ1) is 8.69. The van der Waals surface area contributed by atoms with Crippen molar-refractivity contribution in [2.24, 2.45) is 0 Å². The van der Waals surface area contributed by atoms with Crippen LogP contribution in [0, 0.1) is 5.82 Å². The molecule has 0 saturated heterocycles. The van der Waals surface area contributed by atoms with Gasteiger partial charge in [-0.15, -0.1) is 0 Å². The Balaban J connectivity index is 1.84. The highest BCUT2D eigenvalue weighted by atomic mass is 19.1. The maximum Gasteiger partial charge on any atom is 0.123 e. The average Bonchev–Trinajstić information content (AvgIpc) is 3.19. The lowest BCUT2D eigenvalue weighted by molar-refractivity contribution is 0.176. The molecule has 18 heavy (non-hydrogen) atoms. The molecule has 0 amide bonds. The molecule has 4 heteroatoms. The molecule has 3 nitrogen and oxygen atoms in total. The molecule has 2 N–H and O–H groups in total. The third-order valence-electron chi connectivity index (χ3n) is 3.22. The van der Waals surface area contributed by atoms with Crippen LogP contribution in [0.15, 0.2) is 24.3 Å². The number of hydrogen-bond acceptors (Lipinski definition) is 3. The molecule has 2 rings (SSSR count). The number of anilines is 1. The third-order valence-corrected chi connectivity index (χ3v) is 3.22. The number of aliphatic hydroxyl groups is 1. The lowest BCUT2D eigenvalue weighted by atomic mass is 10.2. The summed E-state index contributed by atoms with van der Waals surface area (Å²) < 4.78 is 12.9. The van der Waals surface area contributed by atoms with Gasteiger partial charge in [0.05, 0.1) is 6.10 Å². The minimum Gasteiger partial charge on any atom is -0.390 e. The number of hydrogen-bond donors (Lipinski definition) is 2. The van der Waals surface area contributed by atoms with Crippen molar-refractivity contribution in [3.63, 3.8) is 0 Å². The molecule has 0 heterocycles. The summed E-state index contributed by atoms with van der Waals surface area (Å²) >= 11 is 0. The Morgan fingerprint density at radius 1 is 1.39 bits per heavy atom. The Morgan fingerprint density at radius 2 is 2.06 bits per heavy atom. The first-order valence-corrected chi connectivity index (χ1v) is 6.61. The molecular weight excluding hydrogens is 231 g/mol. The monoisotopic (exact) mass is 252 g/mol. The van der Waals surface area contributed by atoms with E-state index in [4.69, 9.17) is 0 Å². The minimum absolute atomic E-state index is 0.231. The van der Waals surface area contributed by atoms with E-state index in [1.165, 1.54) is 25.0 Å². The van der Waals surface area contributed by atoms with E-state index in [1.54, 1.807) is 12.1 Å². The highest BCUT2D eigenvalue weighted by molar-refractivity contribution is 5.46. The first-order valence-electron chi connectivity index (χ1n) is 6.61. The van der Waals surface area contributed by atoms with Gasteiger partial charge in [-0.3, -0.25) is 0 Å². The zero-order valence-corrected chi connectivity index (χ0v) is 10.8. The smallest absolute Gasteiger partial charge is 0.123 e. The summed E-state index contributed by atoms with van der Waals surface area (Å²) in [5.74, 6) is -0.231. The van der Waals surface area contributed by atoms with Crippen molar-refractivity contribution in [3.05, 3.63) is 30.1 Å². The molecule has 1 fully saturated rings. The molecule has 1 aliphatic carbocycles. The largest absolute Gasteiger partial charge is 0.390 e. The summed E-state index contributed by atoms with van der Waals surface area (Å²) in [5.41, 5.74) is 0.948. The van der Waals surface area contributed by atoms with E-state index in [9.17, 15) is 9.50 Å². The van der Waals surface area contributed by atoms with Crippen LogP contribution in [-0.4, -0.2) is 36.9 Å². The van der Waals surface area contributed by atoms with E-state index >= 15 is 0 Å². The molecular formula is C14H21FN2O. The third kappa shape index (κ3) is 3.96. The fourth-order valence-corrected chi connectivity index (χ4v) is 1.98. The molecule has 1 aliphatic rings. The van der Waals surface area contributed by atoms with Crippen molar-refractivity contribution in [2.45, 2.75) is 31.9 Å². The quantitative estimate of drug-likeness (QED) is 0.776. The van der Waals surface area contributed by atoms with Gasteiger partial charge < -0.3 is 15.3 Å². The van der Waals surface area contributed by atoms with Gasteiger partial charge >= 0.3 is 0 Å². The van der Waals surface area contributed by atoms with Crippen LogP contribution in [0.25, 0.3) is 0 Å². The maximum absolute atomic E-state index is 12.9. The van der Waals surface area contributed by atoms with E-state index in [0.29, 0.717) is 19.1 Å². The fourth-order valence-electron chi connectivity index (χ4n) is 1.98. The fraction of sp³-hybridized carbons (Fsp3) is 0.571. The number of nitrogens with zero attached hydrogens (tertiary/aromatic N) is 1. The standard InChI is InChI=1S/C14H21FN2O/c1-2-17(13-7-3-11(15)4-8-13)10-14(18)9-16-12-5-6-12/h3-4,7-8,12,14,16,18H,2,5-6,9-10H2,1H3. The van der Waals surface area contributed by atoms with Gasteiger partial charge in [0, 0.05) is 31.4 Å². The van der Waals surface area contributed by atoms with Gasteiger partial charge in [-0.05, 0) is 44.0 Å².